The van der Waals surface area contributed by atoms with Crippen molar-refractivity contribution in [2.75, 3.05) is 39.8 Å². The Hall–Kier alpha value is -1.66. The van der Waals surface area contributed by atoms with Crippen LogP contribution in [-0.2, 0) is 4.79 Å². The van der Waals surface area contributed by atoms with Gasteiger partial charge in [0.1, 0.15) is 5.82 Å². The van der Waals surface area contributed by atoms with E-state index in [1.807, 2.05) is 0 Å². The highest BCUT2D eigenvalue weighted by Gasteiger charge is 2.20. The van der Waals surface area contributed by atoms with Gasteiger partial charge >= 0.3 is 0 Å². The van der Waals surface area contributed by atoms with Gasteiger partial charge < -0.3 is 15.1 Å². The number of carbonyl (C=O) groups excluding carboxylic acids is 2. The molecule has 1 fully saturated rings. The smallest absolute Gasteiger partial charge is 0.254 e. The molecule has 7 heteroatoms. The minimum Gasteiger partial charge on any atom is -0.339 e. The summed E-state index contributed by atoms with van der Waals surface area (Å²) in [5.74, 6) is -0.899. The van der Waals surface area contributed by atoms with E-state index in [-0.39, 0.29) is 36.3 Å². The van der Waals surface area contributed by atoms with Crippen molar-refractivity contribution in [2.45, 2.75) is 0 Å². The van der Waals surface area contributed by atoms with Crippen LogP contribution in [0.1, 0.15) is 10.4 Å². The Balaban J connectivity index is 0.00000220. The van der Waals surface area contributed by atoms with Crippen LogP contribution >= 0.6 is 12.4 Å². The zero-order valence-corrected chi connectivity index (χ0v) is 12.7. The molecule has 0 aliphatic carbocycles. The summed E-state index contributed by atoms with van der Waals surface area (Å²) in [6, 6.07) is 5.47. The number of piperazine rings is 1. The molecule has 1 aromatic carbocycles. The van der Waals surface area contributed by atoms with Gasteiger partial charge in [0, 0.05) is 38.8 Å². The van der Waals surface area contributed by atoms with Crippen LogP contribution in [0.5, 0.6) is 0 Å². The monoisotopic (exact) mass is 315 g/mol. The number of nitrogens with zero attached hydrogens (tertiary/aromatic N) is 2. The second kappa shape index (κ2) is 7.95. The van der Waals surface area contributed by atoms with Crippen molar-refractivity contribution in [3.05, 3.63) is 35.6 Å². The Morgan fingerprint density at radius 3 is 2.62 bits per heavy atom. The molecule has 0 saturated carbocycles. The molecular weight excluding hydrogens is 297 g/mol. The van der Waals surface area contributed by atoms with Gasteiger partial charge in [0.05, 0.1) is 6.54 Å². The van der Waals surface area contributed by atoms with E-state index in [0.717, 1.165) is 13.1 Å². The van der Waals surface area contributed by atoms with Gasteiger partial charge in [-0.15, -0.1) is 12.4 Å². The van der Waals surface area contributed by atoms with Crippen molar-refractivity contribution in [3.8, 4) is 0 Å². The summed E-state index contributed by atoms with van der Waals surface area (Å²) in [5, 5.41) is 3.16. The Bertz CT molecular complexity index is 507. The lowest BCUT2D eigenvalue weighted by atomic mass is 10.2. The lowest BCUT2D eigenvalue weighted by Crippen LogP contribution is -2.49. The molecule has 0 atom stereocenters. The van der Waals surface area contributed by atoms with Gasteiger partial charge in [0.25, 0.3) is 5.91 Å². The highest BCUT2D eigenvalue weighted by Crippen LogP contribution is 2.07. The molecule has 21 heavy (non-hydrogen) atoms. The molecule has 0 aromatic heterocycles. The topological polar surface area (TPSA) is 52.7 Å². The number of halogens is 2. The quantitative estimate of drug-likeness (QED) is 0.895. The fraction of sp³-hybridized carbons (Fsp3) is 0.429. The van der Waals surface area contributed by atoms with Crippen molar-refractivity contribution < 1.29 is 14.0 Å². The molecule has 1 saturated heterocycles. The standard InChI is InChI=1S/C14H18FN3O2.ClH/c1-17(10-13(19)18-7-5-16-6-8-18)14(20)11-3-2-4-12(15)9-11;/h2-4,9,16H,5-8,10H2,1H3;1H. The van der Waals surface area contributed by atoms with Gasteiger partial charge in [0.15, 0.2) is 0 Å². The van der Waals surface area contributed by atoms with E-state index in [4.69, 9.17) is 0 Å². The van der Waals surface area contributed by atoms with Crippen LogP contribution in [0.4, 0.5) is 4.39 Å². The number of rotatable bonds is 3. The van der Waals surface area contributed by atoms with Crippen LogP contribution in [0, 0.1) is 5.82 Å². The maximum Gasteiger partial charge on any atom is 0.254 e. The molecule has 116 valence electrons. The normalized spacial score (nSPS) is 14.3. The van der Waals surface area contributed by atoms with Gasteiger partial charge in [-0.3, -0.25) is 9.59 Å². The van der Waals surface area contributed by atoms with Crippen molar-refractivity contribution >= 4 is 24.2 Å². The maximum atomic E-state index is 13.1. The van der Waals surface area contributed by atoms with Crippen molar-refractivity contribution in [2.24, 2.45) is 0 Å². The third-order valence-electron chi connectivity index (χ3n) is 3.26. The summed E-state index contributed by atoms with van der Waals surface area (Å²) >= 11 is 0. The lowest BCUT2D eigenvalue weighted by molar-refractivity contribution is -0.132. The summed E-state index contributed by atoms with van der Waals surface area (Å²) in [4.78, 5) is 27.2. The van der Waals surface area contributed by atoms with Gasteiger partial charge in [0.2, 0.25) is 5.91 Å². The third kappa shape index (κ3) is 4.68. The number of hydrogen-bond acceptors (Lipinski definition) is 3. The summed E-state index contributed by atoms with van der Waals surface area (Å²) < 4.78 is 13.1. The maximum absolute atomic E-state index is 13.1. The molecule has 2 rings (SSSR count). The van der Waals surface area contributed by atoms with Crippen LogP contribution < -0.4 is 5.32 Å². The Labute approximate surface area is 129 Å². The molecular formula is C14H19ClFN3O2. The minimum absolute atomic E-state index is 0. The molecule has 0 radical (unpaired) electrons. The largest absolute Gasteiger partial charge is 0.339 e. The number of likely N-dealkylation sites (N-methyl/N-ethyl adjacent to an activating group) is 1. The van der Waals surface area contributed by atoms with E-state index in [1.54, 1.807) is 11.9 Å². The number of amides is 2. The van der Waals surface area contributed by atoms with Crippen LogP contribution in [0.25, 0.3) is 0 Å². The fourth-order valence-electron chi connectivity index (χ4n) is 2.13. The molecule has 1 aromatic rings. The number of benzene rings is 1. The van der Waals surface area contributed by atoms with Gasteiger partial charge in [-0.05, 0) is 18.2 Å². The van der Waals surface area contributed by atoms with Crippen molar-refractivity contribution in [3.63, 3.8) is 0 Å². The zero-order chi connectivity index (χ0) is 14.5. The molecule has 1 heterocycles. The summed E-state index contributed by atoms with van der Waals surface area (Å²) in [6.07, 6.45) is 0. The molecule has 0 bridgehead atoms. The average molecular weight is 316 g/mol. The van der Waals surface area contributed by atoms with Gasteiger partial charge in [-0.2, -0.15) is 0 Å². The first-order chi connectivity index (χ1) is 9.58. The second-order valence-corrected chi connectivity index (χ2v) is 4.80. The van der Waals surface area contributed by atoms with E-state index in [1.165, 1.54) is 29.2 Å². The van der Waals surface area contributed by atoms with Crippen molar-refractivity contribution in [1.82, 2.24) is 15.1 Å². The van der Waals surface area contributed by atoms with Crippen molar-refractivity contribution in [1.29, 1.82) is 0 Å². The first-order valence-corrected chi connectivity index (χ1v) is 6.57. The fourth-order valence-corrected chi connectivity index (χ4v) is 2.13. The first kappa shape index (κ1) is 17.4. The third-order valence-corrected chi connectivity index (χ3v) is 3.26. The van der Waals surface area contributed by atoms with E-state index in [0.29, 0.717) is 13.1 Å². The zero-order valence-electron chi connectivity index (χ0n) is 11.8. The number of nitrogens with one attached hydrogen (secondary N) is 1. The molecule has 5 nitrogen and oxygen atoms in total. The second-order valence-electron chi connectivity index (χ2n) is 4.80. The molecule has 0 unspecified atom stereocenters. The van der Waals surface area contributed by atoms with E-state index in [2.05, 4.69) is 5.32 Å². The highest BCUT2D eigenvalue weighted by atomic mass is 35.5. The number of hydrogen-bond donors (Lipinski definition) is 1. The van der Waals surface area contributed by atoms with Crippen LogP contribution in [0.15, 0.2) is 24.3 Å². The number of carbonyl (C=O) groups is 2. The highest BCUT2D eigenvalue weighted by molar-refractivity contribution is 5.96. The molecule has 1 N–H and O–H groups in total. The van der Waals surface area contributed by atoms with Crippen LogP contribution in [0.3, 0.4) is 0 Å². The Morgan fingerprint density at radius 1 is 1.33 bits per heavy atom. The van der Waals surface area contributed by atoms with E-state index >= 15 is 0 Å². The summed E-state index contributed by atoms with van der Waals surface area (Å²) in [6.45, 7) is 2.86. The van der Waals surface area contributed by atoms with Crippen LogP contribution in [-0.4, -0.2) is 61.4 Å². The molecule has 1 aliphatic heterocycles. The van der Waals surface area contributed by atoms with Gasteiger partial charge in [-0.1, -0.05) is 6.07 Å². The first-order valence-electron chi connectivity index (χ1n) is 6.57. The van der Waals surface area contributed by atoms with E-state index < -0.39 is 5.82 Å². The Kier molecular flexibility index (Phi) is 6.58. The molecule has 0 spiro atoms. The Morgan fingerprint density at radius 2 is 2.00 bits per heavy atom. The van der Waals surface area contributed by atoms with Crippen LogP contribution in [0.2, 0.25) is 0 Å². The van der Waals surface area contributed by atoms with Gasteiger partial charge in [-0.25, -0.2) is 4.39 Å². The molecule has 2 amide bonds. The lowest BCUT2D eigenvalue weighted by Gasteiger charge is -2.29. The van der Waals surface area contributed by atoms with E-state index in [9.17, 15) is 14.0 Å². The minimum atomic E-state index is -0.460. The predicted molar refractivity (Wildman–Crippen MR) is 80.1 cm³/mol. The SMILES string of the molecule is CN(CC(=O)N1CCNCC1)C(=O)c1cccc(F)c1.Cl. The average Bonchev–Trinajstić information content (AvgIpc) is 2.47. The predicted octanol–water partition coefficient (Wildman–Crippen LogP) is 0.751. The summed E-state index contributed by atoms with van der Waals surface area (Å²) in [7, 11) is 1.55. The summed E-state index contributed by atoms with van der Waals surface area (Å²) in [5.41, 5.74) is 0.251. The molecule has 1 aliphatic rings.